The number of carbonyl (C=O) groups excluding carboxylic acids is 2. The Balaban J connectivity index is 1.51. The van der Waals surface area contributed by atoms with Crippen molar-refractivity contribution in [2.45, 2.75) is 25.0 Å². The highest BCUT2D eigenvalue weighted by Crippen LogP contribution is 2.20. The molecule has 1 aromatic carbocycles. The molecule has 1 aromatic heterocycles. The maximum atomic E-state index is 12.0. The first-order valence-corrected chi connectivity index (χ1v) is 7.79. The molecule has 0 aliphatic heterocycles. The number of hydrogen-bond donors (Lipinski definition) is 4. The summed E-state index contributed by atoms with van der Waals surface area (Å²) in [7, 11) is 0. The minimum Gasteiger partial charge on any atom is -0.467 e. The van der Waals surface area contributed by atoms with Gasteiger partial charge in [-0.2, -0.15) is 0 Å². The largest absolute Gasteiger partial charge is 0.467 e. The lowest BCUT2D eigenvalue weighted by Crippen LogP contribution is -2.32. The molecule has 0 bridgehead atoms. The number of hydrogen-bond acceptors (Lipinski definition) is 4. The van der Waals surface area contributed by atoms with E-state index in [9.17, 15) is 14.7 Å². The first-order valence-electron chi connectivity index (χ1n) is 7.79. The molecule has 0 spiro atoms. The number of aliphatic hydroxyl groups is 1. The molecule has 1 fully saturated rings. The highest BCUT2D eigenvalue weighted by molar-refractivity contribution is 5.97. The van der Waals surface area contributed by atoms with E-state index in [2.05, 4.69) is 16.0 Å². The van der Waals surface area contributed by atoms with Crippen LogP contribution >= 0.6 is 0 Å². The van der Waals surface area contributed by atoms with E-state index < -0.39 is 12.1 Å². The zero-order valence-corrected chi connectivity index (χ0v) is 13.0. The third-order valence-corrected chi connectivity index (χ3v) is 3.62. The molecule has 3 rings (SSSR count). The third-order valence-electron chi connectivity index (χ3n) is 3.62. The van der Waals surface area contributed by atoms with Gasteiger partial charge >= 0.3 is 6.03 Å². The van der Waals surface area contributed by atoms with Crippen LogP contribution in [-0.4, -0.2) is 29.6 Å². The maximum Gasteiger partial charge on any atom is 0.319 e. The molecule has 1 atom stereocenters. The van der Waals surface area contributed by atoms with Gasteiger partial charge in [0.05, 0.1) is 12.8 Å². The topological polar surface area (TPSA) is 104 Å². The number of amides is 3. The van der Waals surface area contributed by atoms with Crippen LogP contribution in [0.15, 0.2) is 47.1 Å². The number of nitrogens with one attached hydrogen (secondary N) is 3. The molecular weight excluding hydrogens is 310 g/mol. The molecule has 126 valence electrons. The summed E-state index contributed by atoms with van der Waals surface area (Å²) in [5, 5.41) is 17.9. The van der Waals surface area contributed by atoms with Crippen LogP contribution in [0, 0.1) is 0 Å². The van der Waals surface area contributed by atoms with Gasteiger partial charge in [-0.1, -0.05) is 6.07 Å². The summed E-state index contributed by atoms with van der Waals surface area (Å²) in [6.07, 6.45) is 2.58. The lowest BCUT2D eigenvalue weighted by molar-refractivity contribution is 0.0951. The Bertz CT molecular complexity index is 710. The zero-order chi connectivity index (χ0) is 16.9. The monoisotopic (exact) mass is 329 g/mol. The highest BCUT2D eigenvalue weighted by atomic mass is 16.4. The van der Waals surface area contributed by atoms with Gasteiger partial charge in [0.25, 0.3) is 5.91 Å². The van der Waals surface area contributed by atoms with Gasteiger partial charge in [0.15, 0.2) is 0 Å². The van der Waals surface area contributed by atoms with Crippen LogP contribution in [0.4, 0.5) is 10.5 Å². The first-order chi connectivity index (χ1) is 11.6. The van der Waals surface area contributed by atoms with E-state index in [1.165, 1.54) is 6.26 Å². The third kappa shape index (κ3) is 4.36. The van der Waals surface area contributed by atoms with Crippen LogP contribution in [0.2, 0.25) is 0 Å². The van der Waals surface area contributed by atoms with E-state index in [4.69, 9.17) is 4.42 Å². The normalized spacial score (nSPS) is 14.7. The van der Waals surface area contributed by atoms with Gasteiger partial charge in [0, 0.05) is 17.3 Å². The Labute approximate surface area is 139 Å². The molecule has 1 saturated carbocycles. The fourth-order valence-electron chi connectivity index (χ4n) is 2.18. The van der Waals surface area contributed by atoms with E-state index in [1.807, 2.05) is 0 Å². The van der Waals surface area contributed by atoms with E-state index in [-0.39, 0.29) is 18.5 Å². The van der Waals surface area contributed by atoms with Crippen molar-refractivity contribution in [3.8, 4) is 0 Å². The summed E-state index contributed by atoms with van der Waals surface area (Å²) in [5.74, 6) is 0.240. The Hall–Kier alpha value is -2.80. The number of aliphatic hydroxyl groups excluding tert-OH is 1. The smallest absolute Gasteiger partial charge is 0.319 e. The summed E-state index contributed by atoms with van der Waals surface area (Å²) >= 11 is 0. The number of furan rings is 1. The Morgan fingerprint density at radius 2 is 2.08 bits per heavy atom. The van der Waals surface area contributed by atoms with Crippen molar-refractivity contribution in [3.05, 3.63) is 54.0 Å². The van der Waals surface area contributed by atoms with Crippen LogP contribution in [0.3, 0.4) is 0 Å². The van der Waals surface area contributed by atoms with Crippen LogP contribution in [0.1, 0.15) is 35.1 Å². The maximum absolute atomic E-state index is 12.0. The van der Waals surface area contributed by atoms with E-state index in [1.54, 1.807) is 36.4 Å². The van der Waals surface area contributed by atoms with Gasteiger partial charge in [-0.25, -0.2) is 4.79 Å². The van der Waals surface area contributed by atoms with Crippen molar-refractivity contribution < 1.29 is 19.1 Å². The number of urea groups is 1. The lowest BCUT2D eigenvalue weighted by atomic mass is 10.2. The number of carbonyl (C=O) groups is 2. The summed E-state index contributed by atoms with van der Waals surface area (Å²) < 4.78 is 5.06. The van der Waals surface area contributed by atoms with Crippen LogP contribution < -0.4 is 16.0 Å². The molecule has 0 radical (unpaired) electrons. The Morgan fingerprint density at radius 3 is 2.79 bits per heavy atom. The molecular formula is C17H19N3O4. The summed E-state index contributed by atoms with van der Waals surface area (Å²) in [6.45, 7) is 0.0151. The summed E-state index contributed by atoms with van der Waals surface area (Å²) in [4.78, 5) is 23.9. The molecule has 0 saturated heterocycles. The molecule has 3 amide bonds. The quantitative estimate of drug-likeness (QED) is 0.651. The van der Waals surface area contributed by atoms with Crippen LogP contribution in [0.25, 0.3) is 0 Å². The Kier molecular flexibility index (Phi) is 4.81. The van der Waals surface area contributed by atoms with Crippen molar-refractivity contribution in [2.75, 3.05) is 11.9 Å². The zero-order valence-electron chi connectivity index (χ0n) is 13.0. The van der Waals surface area contributed by atoms with Crippen LogP contribution in [-0.2, 0) is 0 Å². The van der Waals surface area contributed by atoms with Gasteiger partial charge < -0.3 is 25.5 Å². The van der Waals surface area contributed by atoms with E-state index in [0.717, 1.165) is 12.8 Å². The van der Waals surface area contributed by atoms with Gasteiger partial charge in [-0.3, -0.25) is 4.79 Å². The summed E-state index contributed by atoms with van der Waals surface area (Å²) in [6, 6.07) is 9.80. The number of benzene rings is 1. The number of anilines is 1. The van der Waals surface area contributed by atoms with Gasteiger partial charge in [-0.05, 0) is 43.2 Å². The van der Waals surface area contributed by atoms with E-state index in [0.29, 0.717) is 17.0 Å². The predicted octanol–water partition coefficient (Wildman–Crippen LogP) is 2.03. The molecule has 24 heavy (non-hydrogen) atoms. The molecule has 2 aromatic rings. The molecule has 1 heterocycles. The van der Waals surface area contributed by atoms with Crippen molar-refractivity contribution in [2.24, 2.45) is 0 Å². The van der Waals surface area contributed by atoms with Gasteiger partial charge in [-0.15, -0.1) is 0 Å². The molecule has 1 unspecified atom stereocenters. The van der Waals surface area contributed by atoms with Gasteiger partial charge in [0.1, 0.15) is 11.9 Å². The fraction of sp³-hybridized carbons (Fsp3) is 0.294. The first kappa shape index (κ1) is 16.1. The molecule has 7 heteroatoms. The fourth-order valence-corrected chi connectivity index (χ4v) is 2.18. The lowest BCUT2D eigenvalue weighted by Gasteiger charge is -2.11. The molecule has 1 aliphatic carbocycles. The van der Waals surface area contributed by atoms with Crippen molar-refractivity contribution in [1.82, 2.24) is 10.6 Å². The van der Waals surface area contributed by atoms with E-state index >= 15 is 0 Å². The SMILES string of the molecule is O=C(NCC(O)c1ccco1)Nc1cccc(C(=O)NC2CC2)c1. The Morgan fingerprint density at radius 1 is 1.25 bits per heavy atom. The average molecular weight is 329 g/mol. The van der Waals surface area contributed by atoms with Crippen molar-refractivity contribution >= 4 is 17.6 Å². The minimum absolute atomic E-state index is 0.0151. The second kappa shape index (κ2) is 7.18. The van der Waals surface area contributed by atoms with Crippen molar-refractivity contribution in [3.63, 3.8) is 0 Å². The second-order valence-corrected chi connectivity index (χ2v) is 5.69. The van der Waals surface area contributed by atoms with Crippen molar-refractivity contribution in [1.29, 1.82) is 0 Å². The standard InChI is InChI=1S/C17H19N3O4/c21-14(15-5-2-8-24-15)10-18-17(23)20-13-4-1-3-11(9-13)16(22)19-12-6-7-12/h1-5,8-9,12,14,21H,6-7,10H2,(H,19,22)(H2,18,20,23). The van der Waals surface area contributed by atoms with Gasteiger partial charge in [0.2, 0.25) is 0 Å². The molecule has 1 aliphatic rings. The summed E-state index contributed by atoms with van der Waals surface area (Å²) in [5.41, 5.74) is 0.999. The number of rotatable bonds is 6. The van der Waals surface area contributed by atoms with Crippen LogP contribution in [0.5, 0.6) is 0 Å². The minimum atomic E-state index is -0.915. The molecule has 4 N–H and O–H groups in total. The average Bonchev–Trinajstić information content (AvgIpc) is 3.22. The second-order valence-electron chi connectivity index (χ2n) is 5.69. The predicted molar refractivity (Wildman–Crippen MR) is 87.6 cm³/mol. The highest BCUT2D eigenvalue weighted by Gasteiger charge is 2.23. The molecule has 7 nitrogen and oxygen atoms in total.